The van der Waals surface area contributed by atoms with Crippen LogP contribution >= 0.6 is 0 Å². The molecule has 0 spiro atoms. The largest absolute Gasteiger partial charge is 0.478 e. The second kappa shape index (κ2) is 4.45. The van der Waals surface area contributed by atoms with Gasteiger partial charge in [0.1, 0.15) is 0 Å². The number of carboxylic acid groups (broad SMARTS) is 1. The zero-order valence-electron chi connectivity index (χ0n) is 8.52. The molecule has 15 heavy (non-hydrogen) atoms. The third-order valence-corrected chi connectivity index (χ3v) is 1.81. The normalized spacial score (nSPS) is 9.47. The van der Waals surface area contributed by atoms with Gasteiger partial charge in [-0.15, -0.1) is 0 Å². The van der Waals surface area contributed by atoms with E-state index < -0.39 is 5.97 Å². The van der Waals surface area contributed by atoms with Crippen molar-refractivity contribution in [2.45, 2.75) is 0 Å². The van der Waals surface area contributed by atoms with E-state index in [1.165, 1.54) is 11.0 Å². The van der Waals surface area contributed by atoms with Crippen LogP contribution in [0.5, 0.6) is 0 Å². The first-order valence-electron chi connectivity index (χ1n) is 4.33. The summed E-state index contributed by atoms with van der Waals surface area (Å²) in [7, 11) is 3.16. The molecule has 5 heteroatoms. The van der Waals surface area contributed by atoms with Crippen molar-refractivity contribution in [1.82, 2.24) is 4.90 Å². The molecule has 0 heterocycles. The Morgan fingerprint density at radius 3 is 2.40 bits per heavy atom. The van der Waals surface area contributed by atoms with Crippen molar-refractivity contribution in [2.75, 3.05) is 19.4 Å². The zero-order valence-corrected chi connectivity index (χ0v) is 8.52. The summed E-state index contributed by atoms with van der Waals surface area (Å²) in [6.07, 6.45) is 0. The molecule has 0 radical (unpaired) electrons. The Balaban J connectivity index is 2.94. The maximum atomic E-state index is 11.3. The van der Waals surface area contributed by atoms with Crippen molar-refractivity contribution in [3.63, 3.8) is 0 Å². The number of benzene rings is 1. The Kier molecular flexibility index (Phi) is 3.28. The molecule has 0 bridgehead atoms. The van der Waals surface area contributed by atoms with Crippen LogP contribution < -0.4 is 5.32 Å². The smallest absolute Gasteiger partial charge is 0.337 e. The van der Waals surface area contributed by atoms with Crippen LogP contribution in [-0.4, -0.2) is 36.1 Å². The van der Waals surface area contributed by atoms with Crippen LogP contribution in [-0.2, 0) is 0 Å². The van der Waals surface area contributed by atoms with Gasteiger partial charge in [-0.2, -0.15) is 0 Å². The van der Waals surface area contributed by atoms with Crippen LogP contribution in [0.2, 0.25) is 0 Å². The highest BCUT2D eigenvalue weighted by Gasteiger charge is 2.11. The van der Waals surface area contributed by atoms with Crippen LogP contribution in [0.1, 0.15) is 10.4 Å². The number of nitrogens with zero attached hydrogens (tertiary/aromatic N) is 1. The molecule has 80 valence electrons. The first kappa shape index (κ1) is 11.0. The van der Waals surface area contributed by atoms with E-state index >= 15 is 0 Å². The van der Waals surface area contributed by atoms with Gasteiger partial charge in [0, 0.05) is 14.1 Å². The van der Waals surface area contributed by atoms with Crippen molar-refractivity contribution in [1.29, 1.82) is 0 Å². The van der Waals surface area contributed by atoms with Crippen molar-refractivity contribution in [2.24, 2.45) is 0 Å². The first-order valence-corrected chi connectivity index (χ1v) is 4.33. The number of urea groups is 1. The minimum atomic E-state index is -1.07. The van der Waals surface area contributed by atoms with E-state index in [1.807, 2.05) is 0 Å². The third-order valence-electron chi connectivity index (χ3n) is 1.81. The molecule has 1 rings (SSSR count). The summed E-state index contributed by atoms with van der Waals surface area (Å²) in [6, 6.07) is 5.90. The number of carbonyl (C=O) groups is 2. The number of amides is 2. The second-order valence-electron chi connectivity index (χ2n) is 3.18. The Labute approximate surface area is 87.3 Å². The standard InChI is InChI=1S/C10H12N2O3/c1-12(2)10(15)11-8-6-4-3-5-7(8)9(13)14/h3-6H,1-2H3,(H,11,15)(H,13,14). The van der Waals surface area contributed by atoms with E-state index in [1.54, 1.807) is 32.3 Å². The van der Waals surface area contributed by atoms with Crippen LogP contribution in [0, 0.1) is 0 Å². The van der Waals surface area contributed by atoms with Crippen LogP contribution in [0.25, 0.3) is 0 Å². The fraction of sp³-hybridized carbons (Fsp3) is 0.200. The van der Waals surface area contributed by atoms with Crippen molar-refractivity contribution >= 4 is 17.7 Å². The average Bonchev–Trinajstić information content (AvgIpc) is 2.18. The van der Waals surface area contributed by atoms with Gasteiger partial charge in [0.15, 0.2) is 0 Å². The molecule has 1 aromatic carbocycles. The predicted molar refractivity (Wildman–Crippen MR) is 56.1 cm³/mol. The third kappa shape index (κ3) is 2.70. The Bertz CT molecular complexity index is 388. The fourth-order valence-electron chi connectivity index (χ4n) is 1.01. The maximum Gasteiger partial charge on any atom is 0.337 e. The highest BCUT2D eigenvalue weighted by molar-refractivity contribution is 5.99. The van der Waals surface area contributed by atoms with Gasteiger partial charge < -0.3 is 15.3 Å². The molecule has 0 aliphatic carbocycles. The van der Waals surface area contributed by atoms with E-state index in [9.17, 15) is 9.59 Å². The molecule has 0 saturated carbocycles. The van der Waals surface area contributed by atoms with Crippen molar-refractivity contribution in [3.05, 3.63) is 29.8 Å². The molecule has 0 saturated heterocycles. The second-order valence-corrected chi connectivity index (χ2v) is 3.18. The molecule has 5 nitrogen and oxygen atoms in total. The van der Waals surface area contributed by atoms with Crippen LogP contribution in [0.3, 0.4) is 0 Å². The van der Waals surface area contributed by atoms with Crippen LogP contribution in [0.15, 0.2) is 24.3 Å². The van der Waals surface area contributed by atoms with Gasteiger partial charge >= 0.3 is 12.0 Å². The lowest BCUT2D eigenvalue weighted by molar-refractivity contribution is 0.0698. The molecule has 0 fully saturated rings. The number of hydrogen-bond acceptors (Lipinski definition) is 2. The molecule has 0 aromatic heterocycles. The minimum Gasteiger partial charge on any atom is -0.478 e. The number of aromatic carboxylic acids is 1. The highest BCUT2D eigenvalue weighted by atomic mass is 16.4. The number of carboxylic acids is 1. The summed E-state index contributed by atoms with van der Waals surface area (Å²) in [5, 5.41) is 11.3. The zero-order chi connectivity index (χ0) is 11.4. The van der Waals surface area contributed by atoms with Gasteiger partial charge in [-0.25, -0.2) is 9.59 Å². The number of hydrogen-bond donors (Lipinski definition) is 2. The lowest BCUT2D eigenvalue weighted by Gasteiger charge is -2.13. The Morgan fingerprint density at radius 1 is 1.27 bits per heavy atom. The molecular formula is C10H12N2O3. The van der Waals surface area contributed by atoms with Crippen molar-refractivity contribution in [3.8, 4) is 0 Å². The van der Waals surface area contributed by atoms with E-state index in [0.717, 1.165) is 0 Å². The summed E-state index contributed by atoms with van der Waals surface area (Å²) in [5.74, 6) is -1.07. The number of anilines is 1. The van der Waals surface area contributed by atoms with Gasteiger partial charge in [0.25, 0.3) is 0 Å². The molecule has 2 amide bonds. The van der Waals surface area contributed by atoms with Gasteiger partial charge in [-0.3, -0.25) is 0 Å². The van der Waals surface area contributed by atoms with E-state index in [0.29, 0.717) is 5.69 Å². The molecular weight excluding hydrogens is 196 g/mol. The number of nitrogens with one attached hydrogen (secondary N) is 1. The van der Waals surface area contributed by atoms with Gasteiger partial charge in [-0.05, 0) is 12.1 Å². The monoisotopic (exact) mass is 208 g/mol. The predicted octanol–water partition coefficient (Wildman–Crippen LogP) is 1.48. The van der Waals surface area contributed by atoms with E-state index in [-0.39, 0.29) is 11.6 Å². The minimum absolute atomic E-state index is 0.0766. The molecule has 0 atom stereocenters. The van der Waals surface area contributed by atoms with Gasteiger partial charge in [0.2, 0.25) is 0 Å². The summed E-state index contributed by atoms with van der Waals surface area (Å²) in [5.41, 5.74) is 0.372. The summed E-state index contributed by atoms with van der Waals surface area (Å²) in [6.45, 7) is 0. The lowest BCUT2D eigenvalue weighted by atomic mass is 10.2. The van der Waals surface area contributed by atoms with E-state index in [4.69, 9.17) is 5.11 Å². The fourth-order valence-corrected chi connectivity index (χ4v) is 1.01. The maximum absolute atomic E-state index is 11.3. The number of para-hydroxylation sites is 1. The summed E-state index contributed by atoms with van der Waals surface area (Å²) in [4.78, 5) is 23.4. The van der Waals surface area contributed by atoms with Gasteiger partial charge in [-0.1, -0.05) is 12.1 Å². The Hall–Kier alpha value is -2.04. The van der Waals surface area contributed by atoms with Gasteiger partial charge in [0.05, 0.1) is 11.3 Å². The quantitative estimate of drug-likeness (QED) is 0.773. The topological polar surface area (TPSA) is 69.6 Å². The van der Waals surface area contributed by atoms with E-state index in [2.05, 4.69) is 5.32 Å². The summed E-state index contributed by atoms with van der Waals surface area (Å²) >= 11 is 0. The van der Waals surface area contributed by atoms with Crippen molar-refractivity contribution < 1.29 is 14.7 Å². The Morgan fingerprint density at radius 2 is 1.87 bits per heavy atom. The first-order chi connectivity index (χ1) is 7.02. The molecule has 0 aliphatic heterocycles. The highest BCUT2D eigenvalue weighted by Crippen LogP contribution is 2.14. The SMILES string of the molecule is CN(C)C(=O)Nc1ccccc1C(=O)O. The molecule has 0 aliphatic rings. The van der Waals surface area contributed by atoms with Crippen LogP contribution in [0.4, 0.5) is 10.5 Å². The number of rotatable bonds is 2. The molecule has 0 unspecified atom stereocenters. The average molecular weight is 208 g/mol. The number of carbonyl (C=O) groups excluding carboxylic acids is 1. The molecule has 2 N–H and O–H groups in total. The lowest BCUT2D eigenvalue weighted by Crippen LogP contribution is -2.28. The molecule has 1 aromatic rings. The summed E-state index contributed by atoms with van der Waals surface area (Å²) < 4.78 is 0.